The third-order valence-corrected chi connectivity index (χ3v) is 3.10. The number of halogens is 2. The lowest BCUT2D eigenvalue weighted by molar-refractivity contribution is 0.0680. The van der Waals surface area contributed by atoms with E-state index in [9.17, 15) is 9.18 Å². The molecule has 86 valence electrons. The Morgan fingerprint density at radius 1 is 1.56 bits per heavy atom. The van der Waals surface area contributed by atoms with E-state index in [0.717, 1.165) is 13.1 Å². The fraction of sp³-hybridized carbons (Fsp3) is 0.364. The van der Waals surface area contributed by atoms with Crippen LogP contribution in [0.1, 0.15) is 10.4 Å². The molecule has 16 heavy (non-hydrogen) atoms. The summed E-state index contributed by atoms with van der Waals surface area (Å²) in [5, 5.41) is 3.11. The van der Waals surface area contributed by atoms with Gasteiger partial charge in [0.05, 0.1) is 11.1 Å². The second-order valence-electron chi connectivity index (χ2n) is 3.86. The van der Waals surface area contributed by atoms with Gasteiger partial charge in [-0.05, 0) is 18.2 Å². The third kappa shape index (κ3) is 2.03. The molecule has 2 rings (SSSR count). The van der Waals surface area contributed by atoms with Gasteiger partial charge in [-0.15, -0.1) is 0 Å². The van der Waals surface area contributed by atoms with Gasteiger partial charge in [0.1, 0.15) is 5.82 Å². The predicted octanol–water partition coefficient (Wildman–Crippen LogP) is 1.52. The standard InChI is InChI=1S/C11H12ClFN2O/c1-15(8-5-14-6-8)11(16)7-2-3-9(12)10(13)4-7/h2-4,8,14H,5-6H2,1H3. The molecule has 0 radical (unpaired) electrons. The lowest BCUT2D eigenvalue weighted by Gasteiger charge is -2.35. The lowest BCUT2D eigenvalue weighted by Crippen LogP contribution is -2.57. The highest BCUT2D eigenvalue weighted by Gasteiger charge is 2.26. The number of carbonyl (C=O) groups is 1. The van der Waals surface area contributed by atoms with Crippen molar-refractivity contribution in [2.45, 2.75) is 6.04 Å². The molecule has 0 spiro atoms. The summed E-state index contributed by atoms with van der Waals surface area (Å²) in [4.78, 5) is 13.6. The van der Waals surface area contributed by atoms with E-state index < -0.39 is 5.82 Å². The second kappa shape index (κ2) is 4.39. The van der Waals surface area contributed by atoms with Crippen LogP contribution in [0.5, 0.6) is 0 Å². The van der Waals surface area contributed by atoms with Crippen LogP contribution in [0.3, 0.4) is 0 Å². The van der Waals surface area contributed by atoms with Crippen LogP contribution in [0.4, 0.5) is 4.39 Å². The highest BCUT2D eigenvalue weighted by molar-refractivity contribution is 6.30. The van der Waals surface area contributed by atoms with Gasteiger partial charge in [0.15, 0.2) is 0 Å². The topological polar surface area (TPSA) is 32.3 Å². The zero-order chi connectivity index (χ0) is 11.7. The highest BCUT2D eigenvalue weighted by Crippen LogP contribution is 2.17. The molecule has 0 atom stereocenters. The average molecular weight is 243 g/mol. The molecule has 0 aromatic heterocycles. The van der Waals surface area contributed by atoms with Crippen molar-refractivity contribution in [2.75, 3.05) is 20.1 Å². The van der Waals surface area contributed by atoms with Crippen molar-refractivity contribution in [1.29, 1.82) is 0 Å². The van der Waals surface area contributed by atoms with Crippen LogP contribution in [0.25, 0.3) is 0 Å². The maximum absolute atomic E-state index is 13.2. The van der Waals surface area contributed by atoms with Gasteiger partial charge in [-0.3, -0.25) is 4.79 Å². The Kier molecular flexibility index (Phi) is 3.12. The molecule has 3 nitrogen and oxygen atoms in total. The first-order chi connectivity index (χ1) is 7.59. The summed E-state index contributed by atoms with van der Waals surface area (Å²) in [5.74, 6) is -0.741. The molecule has 5 heteroatoms. The lowest BCUT2D eigenvalue weighted by atomic mass is 10.1. The first kappa shape index (κ1) is 11.4. The van der Waals surface area contributed by atoms with Crippen LogP contribution in [0.15, 0.2) is 18.2 Å². The van der Waals surface area contributed by atoms with E-state index in [4.69, 9.17) is 11.6 Å². The number of benzene rings is 1. The van der Waals surface area contributed by atoms with Crippen molar-refractivity contribution in [3.05, 3.63) is 34.6 Å². The van der Waals surface area contributed by atoms with Crippen LogP contribution in [0, 0.1) is 5.82 Å². The molecule has 0 unspecified atom stereocenters. The Bertz CT molecular complexity index is 420. The number of carbonyl (C=O) groups excluding carboxylic acids is 1. The third-order valence-electron chi connectivity index (χ3n) is 2.79. The summed E-state index contributed by atoms with van der Waals surface area (Å²) in [5.41, 5.74) is 0.330. The molecule has 1 fully saturated rings. The summed E-state index contributed by atoms with van der Waals surface area (Å²) in [6.45, 7) is 1.58. The van der Waals surface area contributed by atoms with Crippen molar-refractivity contribution in [2.24, 2.45) is 0 Å². The largest absolute Gasteiger partial charge is 0.336 e. The van der Waals surface area contributed by atoms with E-state index in [2.05, 4.69) is 5.32 Å². The predicted molar refractivity (Wildman–Crippen MR) is 60.2 cm³/mol. The van der Waals surface area contributed by atoms with E-state index in [1.807, 2.05) is 0 Å². The van der Waals surface area contributed by atoms with Crippen molar-refractivity contribution >= 4 is 17.5 Å². The van der Waals surface area contributed by atoms with Crippen molar-refractivity contribution < 1.29 is 9.18 Å². The summed E-state index contributed by atoms with van der Waals surface area (Å²) in [6, 6.07) is 4.31. The van der Waals surface area contributed by atoms with Gasteiger partial charge in [-0.1, -0.05) is 11.6 Å². The van der Waals surface area contributed by atoms with Crippen LogP contribution in [-0.2, 0) is 0 Å². The molecule has 1 amide bonds. The number of hydrogen-bond acceptors (Lipinski definition) is 2. The van der Waals surface area contributed by atoms with E-state index in [0.29, 0.717) is 5.56 Å². The number of hydrogen-bond donors (Lipinski definition) is 1. The Balaban J connectivity index is 2.16. The zero-order valence-corrected chi connectivity index (χ0v) is 9.59. The van der Waals surface area contributed by atoms with Crippen LogP contribution in [0.2, 0.25) is 5.02 Å². The Hall–Kier alpha value is -1.13. The van der Waals surface area contributed by atoms with E-state index in [1.54, 1.807) is 11.9 Å². The summed E-state index contributed by atoms with van der Waals surface area (Å²) < 4.78 is 13.2. The van der Waals surface area contributed by atoms with Crippen molar-refractivity contribution in [1.82, 2.24) is 10.2 Å². The number of nitrogens with zero attached hydrogens (tertiary/aromatic N) is 1. The quantitative estimate of drug-likeness (QED) is 0.853. The normalized spacial score (nSPS) is 15.7. The van der Waals surface area contributed by atoms with Crippen LogP contribution < -0.4 is 5.32 Å². The molecular weight excluding hydrogens is 231 g/mol. The van der Waals surface area contributed by atoms with Gasteiger partial charge in [0.25, 0.3) is 5.91 Å². The summed E-state index contributed by atoms with van der Waals surface area (Å²) in [6.07, 6.45) is 0. The van der Waals surface area contributed by atoms with Gasteiger partial charge in [-0.25, -0.2) is 4.39 Å². The minimum Gasteiger partial charge on any atom is -0.336 e. The molecule has 1 N–H and O–H groups in total. The molecule has 1 aromatic rings. The van der Waals surface area contributed by atoms with Gasteiger partial charge in [0.2, 0.25) is 0 Å². The van der Waals surface area contributed by atoms with E-state index >= 15 is 0 Å². The molecule has 0 saturated carbocycles. The number of rotatable bonds is 2. The number of nitrogens with one attached hydrogen (secondary N) is 1. The molecular formula is C11H12ClFN2O. The molecule has 1 saturated heterocycles. The fourth-order valence-corrected chi connectivity index (χ4v) is 1.66. The monoisotopic (exact) mass is 242 g/mol. The smallest absolute Gasteiger partial charge is 0.254 e. The SMILES string of the molecule is CN(C(=O)c1ccc(Cl)c(F)c1)C1CNC1. The maximum Gasteiger partial charge on any atom is 0.254 e. The Morgan fingerprint density at radius 2 is 2.25 bits per heavy atom. The second-order valence-corrected chi connectivity index (χ2v) is 4.26. The Morgan fingerprint density at radius 3 is 2.75 bits per heavy atom. The molecule has 1 heterocycles. The first-order valence-corrected chi connectivity index (χ1v) is 5.40. The number of likely N-dealkylation sites (N-methyl/N-ethyl adjacent to an activating group) is 1. The summed E-state index contributed by atoms with van der Waals surface area (Å²) in [7, 11) is 1.72. The molecule has 1 aliphatic heterocycles. The van der Waals surface area contributed by atoms with Crippen LogP contribution >= 0.6 is 11.6 Å². The van der Waals surface area contributed by atoms with E-state index in [-0.39, 0.29) is 17.0 Å². The molecule has 1 aromatic carbocycles. The van der Waals surface area contributed by atoms with Gasteiger partial charge in [-0.2, -0.15) is 0 Å². The molecule has 0 aliphatic carbocycles. The van der Waals surface area contributed by atoms with Crippen molar-refractivity contribution in [3.8, 4) is 0 Å². The Labute approximate surface area is 98.2 Å². The number of amides is 1. The molecule has 1 aliphatic rings. The average Bonchev–Trinajstić information content (AvgIpc) is 2.18. The fourth-order valence-electron chi connectivity index (χ4n) is 1.55. The van der Waals surface area contributed by atoms with Gasteiger partial charge >= 0.3 is 0 Å². The van der Waals surface area contributed by atoms with Crippen molar-refractivity contribution in [3.63, 3.8) is 0 Å². The van der Waals surface area contributed by atoms with Gasteiger partial charge in [0, 0.05) is 25.7 Å². The van der Waals surface area contributed by atoms with E-state index in [1.165, 1.54) is 18.2 Å². The first-order valence-electron chi connectivity index (χ1n) is 5.02. The minimum atomic E-state index is -0.562. The highest BCUT2D eigenvalue weighted by atomic mass is 35.5. The molecule has 0 bridgehead atoms. The minimum absolute atomic E-state index is 0.0320. The summed E-state index contributed by atoms with van der Waals surface area (Å²) >= 11 is 5.56. The van der Waals surface area contributed by atoms with Crippen LogP contribution in [-0.4, -0.2) is 37.0 Å². The maximum atomic E-state index is 13.2. The van der Waals surface area contributed by atoms with Gasteiger partial charge < -0.3 is 10.2 Å². The zero-order valence-electron chi connectivity index (χ0n) is 8.84.